The number of rotatable bonds is 8. The third-order valence-corrected chi connectivity index (χ3v) is 6.55. The molecule has 1 aliphatic rings. The van der Waals surface area contributed by atoms with Gasteiger partial charge in [-0.1, -0.05) is 48.5 Å². The molecular weight excluding hydrogens is 407 g/mol. The van der Waals surface area contributed by atoms with Gasteiger partial charge in [-0.3, -0.25) is 4.79 Å². The number of carbonyl (C=O) groups excluding carboxylic acids is 1. The van der Waals surface area contributed by atoms with Crippen molar-refractivity contribution < 1.29 is 9.18 Å². The lowest BCUT2D eigenvalue weighted by molar-refractivity contribution is 0.0956. The van der Waals surface area contributed by atoms with E-state index in [4.69, 9.17) is 0 Å². The first-order chi connectivity index (χ1) is 15.2. The molecule has 31 heavy (non-hydrogen) atoms. The lowest BCUT2D eigenvalue weighted by Crippen LogP contribution is -2.29. The molecule has 0 atom stereocenters. The minimum Gasteiger partial charge on any atom is -0.367 e. The van der Waals surface area contributed by atoms with Crippen LogP contribution in [0, 0.1) is 5.82 Å². The van der Waals surface area contributed by atoms with Gasteiger partial charge in [-0.15, -0.1) is 0 Å². The Balaban J connectivity index is 1.24. The number of thioether (sulfide) groups is 1. The highest BCUT2D eigenvalue weighted by Gasteiger charge is 2.16. The molecule has 0 saturated carbocycles. The molecule has 0 bridgehead atoms. The normalized spacial score (nSPS) is 13.0. The van der Waals surface area contributed by atoms with E-state index in [0.717, 1.165) is 25.3 Å². The maximum atomic E-state index is 13.6. The van der Waals surface area contributed by atoms with Crippen molar-refractivity contribution in [3.63, 3.8) is 0 Å². The van der Waals surface area contributed by atoms with Gasteiger partial charge in [0.2, 0.25) is 0 Å². The standard InChI is InChI=1S/C26H27FN2OS/c27-24-9-3-1-7-23(24)19-31-17-15-28-26(30)22-13-11-20(12-14-22)18-29-16-5-8-21-6-2-4-10-25(21)29/h1-4,6-7,9-14H,5,8,15-19H2,(H,28,30). The van der Waals surface area contributed by atoms with Crippen molar-refractivity contribution in [3.8, 4) is 0 Å². The van der Waals surface area contributed by atoms with Crippen LogP contribution in [0.25, 0.3) is 0 Å². The van der Waals surface area contributed by atoms with Crippen LogP contribution in [0.3, 0.4) is 0 Å². The molecule has 1 amide bonds. The summed E-state index contributed by atoms with van der Waals surface area (Å²) in [7, 11) is 0. The first-order valence-corrected chi connectivity index (χ1v) is 11.9. The average molecular weight is 435 g/mol. The van der Waals surface area contributed by atoms with Crippen LogP contribution in [-0.4, -0.2) is 24.7 Å². The van der Waals surface area contributed by atoms with E-state index in [1.807, 2.05) is 30.3 Å². The topological polar surface area (TPSA) is 32.3 Å². The number of fused-ring (bicyclic) bond motifs is 1. The van der Waals surface area contributed by atoms with Crippen LogP contribution in [0.4, 0.5) is 10.1 Å². The molecule has 0 fully saturated rings. The molecule has 3 aromatic carbocycles. The van der Waals surface area contributed by atoms with Gasteiger partial charge in [0.15, 0.2) is 0 Å². The Labute approximate surface area is 187 Å². The van der Waals surface area contributed by atoms with Crippen LogP contribution >= 0.6 is 11.8 Å². The first kappa shape index (κ1) is 21.4. The summed E-state index contributed by atoms with van der Waals surface area (Å²) in [6, 6.07) is 23.3. The molecule has 1 aliphatic heterocycles. The number of nitrogens with one attached hydrogen (secondary N) is 1. The number of amides is 1. The molecule has 3 aromatic rings. The second kappa shape index (κ2) is 10.5. The molecule has 0 radical (unpaired) electrons. The van der Waals surface area contributed by atoms with Gasteiger partial charge in [0.1, 0.15) is 5.82 Å². The summed E-state index contributed by atoms with van der Waals surface area (Å²) in [5, 5.41) is 2.95. The largest absolute Gasteiger partial charge is 0.367 e. The fraction of sp³-hybridized carbons (Fsp3) is 0.269. The predicted octanol–water partition coefficient (Wildman–Crippen LogP) is 5.44. The van der Waals surface area contributed by atoms with Crippen molar-refractivity contribution in [1.29, 1.82) is 0 Å². The molecule has 3 nitrogen and oxygen atoms in total. The van der Waals surface area contributed by atoms with Crippen LogP contribution < -0.4 is 10.2 Å². The number of nitrogens with zero attached hydrogens (tertiary/aromatic N) is 1. The second-order valence-corrected chi connectivity index (χ2v) is 8.86. The average Bonchev–Trinajstić information content (AvgIpc) is 2.80. The van der Waals surface area contributed by atoms with E-state index in [1.165, 1.54) is 29.3 Å². The van der Waals surface area contributed by atoms with Gasteiger partial charge in [-0.2, -0.15) is 11.8 Å². The van der Waals surface area contributed by atoms with Gasteiger partial charge in [0.25, 0.3) is 5.91 Å². The van der Waals surface area contributed by atoms with Crippen molar-refractivity contribution in [2.75, 3.05) is 23.7 Å². The Morgan fingerprint density at radius 2 is 1.77 bits per heavy atom. The Bertz CT molecular complexity index is 1020. The van der Waals surface area contributed by atoms with Gasteiger partial charge in [-0.25, -0.2) is 4.39 Å². The molecule has 0 spiro atoms. The Morgan fingerprint density at radius 3 is 2.61 bits per heavy atom. The Hall–Kier alpha value is -2.79. The zero-order chi connectivity index (χ0) is 21.5. The highest BCUT2D eigenvalue weighted by atomic mass is 32.2. The number of para-hydroxylation sites is 1. The number of benzene rings is 3. The molecule has 160 valence electrons. The molecular formula is C26H27FN2OS. The monoisotopic (exact) mass is 434 g/mol. The van der Waals surface area contributed by atoms with Crippen LogP contribution in [0.5, 0.6) is 0 Å². The lowest BCUT2D eigenvalue weighted by atomic mass is 10.0. The summed E-state index contributed by atoms with van der Waals surface area (Å²) in [5.74, 6) is 1.11. The lowest BCUT2D eigenvalue weighted by Gasteiger charge is -2.31. The molecule has 1 heterocycles. The summed E-state index contributed by atoms with van der Waals surface area (Å²) < 4.78 is 13.6. The number of anilines is 1. The van der Waals surface area contributed by atoms with Gasteiger partial charge >= 0.3 is 0 Å². The van der Waals surface area contributed by atoms with E-state index in [-0.39, 0.29) is 11.7 Å². The van der Waals surface area contributed by atoms with Crippen molar-refractivity contribution in [2.45, 2.75) is 25.1 Å². The van der Waals surface area contributed by atoms with Crippen LogP contribution in [0.1, 0.15) is 33.5 Å². The highest BCUT2D eigenvalue weighted by Crippen LogP contribution is 2.28. The maximum Gasteiger partial charge on any atom is 0.251 e. The Kier molecular flexibility index (Phi) is 7.26. The fourth-order valence-corrected chi connectivity index (χ4v) is 4.74. The fourth-order valence-electron chi connectivity index (χ4n) is 3.89. The van der Waals surface area contributed by atoms with Gasteiger partial charge in [0.05, 0.1) is 0 Å². The molecule has 4 rings (SSSR count). The van der Waals surface area contributed by atoms with Gasteiger partial charge in [-0.05, 0) is 53.8 Å². The summed E-state index contributed by atoms with van der Waals surface area (Å²) in [6.45, 7) is 2.47. The summed E-state index contributed by atoms with van der Waals surface area (Å²) >= 11 is 1.61. The van der Waals surface area contributed by atoms with Gasteiger partial charge < -0.3 is 10.2 Å². The summed E-state index contributed by atoms with van der Waals surface area (Å²) in [5.41, 5.74) is 5.31. The molecule has 0 unspecified atom stereocenters. The quantitative estimate of drug-likeness (QED) is 0.479. The number of aryl methyl sites for hydroxylation is 1. The second-order valence-electron chi connectivity index (χ2n) is 7.75. The zero-order valence-electron chi connectivity index (χ0n) is 17.5. The van der Waals surface area contributed by atoms with E-state index in [9.17, 15) is 9.18 Å². The molecule has 1 N–H and O–H groups in total. The minimum atomic E-state index is -0.174. The molecule has 0 aromatic heterocycles. The SMILES string of the molecule is O=C(NCCSCc1ccccc1F)c1ccc(CN2CCCc3ccccc32)cc1. The smallest absolute Gasteiger partial charge is 0.251 e. The van der Waals surface area contributed by atoms with Gasteiger partial charge in [0, 0.05) is 42.4 Å². The first-order valence-electron chi connectivity index (χ1n) is 10.7. The number of hydrogen-bond donors (Lipinski definition) is 1. The van der Waals surface area contributed by atoms with Crippen molar-refractivity contribution in [2.24, 2.45) is 0 Å². The summed E-state index contributed by atoms with van der Waals surface area (Å²) in [6.07, 6.45) is 2.32. The molecule has 0 saturated heterocycles. The highest BCUT2D eigenvalue weighted by molar-refractivity contribution is 7.98. The van der Waals surface area contributed by atoms with E-state index in [1.54, 1.807) is 23.9 Å². The van der Waals surface area contributed by atoms with E-state index in [0.29, 0.717) is 23.4 Å². The zero-order valence-corrected chi connectivity index (χ0v) is 18.3. The van der Waals surface area contributed by atoms with Crippen molar-refractivity contribution in [3.05, 3.63) is 101 Å². The maximum absolute atomic E-state index is 13.6. The van der Waals surface area contributed by atoms with E-state index >= 15 is 0 Å². The van der Waals surface area contributed by atoms with Crippen LogP contribution in [-0.2, 0) is 18.7 Å². The van der Waals surface area contributed by atoms with E-state index in [2.05, 4.69) is 34.5 Å². The summed E-state index contributed by atoms with van der Waals surface area (Å²) in [4.78, 5) is 14.8. The van der Waals surface area contributed by atoms with Crippen LogP contribution in [0.15, 0.2) is 72.8 Å². The third-order valence-electron chi connectivity index (χ3n) is 5.54. The van der Waals surface area contributed by atoms with Crippen molar-refractivity contribution in [1.82, 2.24) is 5.32 Å². The van der Waals surface area contributed by atoms with Crippen LogP contribution in [0.2, 0.25) is 0 Å². The van der Waals surface area contributed by atoms with Crippen molar-refractivity contribution >= 4 is 23.4 Å². The molecule has 0 aliphatic carbocycles. The Morgan fingerprint density at radius 1 is 1.00 bits per heavy atom. The third kappa shape index (κ3) is 5.67. The molecule has 5 heteroatoms. The number of hydrogen-bond acceptors (Lipinski definition) is 3. The minimum absolute atomic E-state index is 0.0682. The predicted molar refractivity (Wildman–Crippen MR) is 127 cm³/mol. The van der Waals surface area contributed by atoms with E-state index < -0.39 is 0 Å². The number of halogens is 1. The number of carbonyl (C=O) groups is 1.